The minimum Gasteiger partial charge on any atom is -0.334 e. The summed E-state index contributed by atoms with van der Waals surface area (Å²) in [6.45, 7) is 6.16. The van der Waals surface area contributed by atoms with Gasteiger partial charge in [0, 0.05) is 11.9 Å². The normalized spacial score (nSPS) is 12.4. The number of pyridine rings is 1. The summed E-state index contributed by atoms with van der Waals surface area (Å²) in [4.78, 5) is 16.5. The number of nitrogens with zero attached hydrogens (tertiary/aromatic N) is 5. The molecule has 0 bridgehead atoms. The number of hydrogen-bond donors (Lipinski definition) is 3. The number of anilines is 2. The molecular formula is C21H26N8OS. The van der Waals surface area contributed by atoms with E-state index in [0.29, 0.717) is 16.8 Å². The summed E-state index contributed by atoms with van der Waals surface area (Å²) in [5.41, 5.74) is 6.21. The average Bonchev–Trinajstić information content (AvgIpc) is 3.15. The Morgan fingerprint density at radius 1 is 1.23 bits per heavy atom. The molecule has 0 saturated heterocycles. The molecule has 1 amide bonds. The monoisotopic (exact) mass is 438 g/mol. The molecule has 1 aromatic carbocycles. The van der Waals surface area contributed by atoms with E-state index in [9.17, 15) is 4.79 Å². The number of amides is 1. The molecule has 0 aliphatic heterocycles. The minimum atomic E-state index is -0.150. The Hall–Kier alpha value is -3.40. The van der Waals surface area contributed by atoms with E-state index in [1.807, 2.05) is 49.4 Å². The lowest BCUT2D eigenvalue weighted by Gasteiger charge is -2.10. The summed E-state index contributed by atoms with van der Waals surface area (Å²) in [5.74, 6) is 6.78. The summed E-state index contributed by atoms with van der Waals surface area (Å²) in [6.07, 6.45) is 2.77. The fraction of sp³-hybridized carbons (Fsp3) is 0.286. The van der Waals surface area contributed by atoms with Crippen LogP contribution < -0.4 is 16.6 Å². The molecule has 2 heterocycles. The summed E-state index contributed by atoms with van der Waals surface area (Å²) < 4.78 is 1.26. The quantitative estimate of drug-likeness (QED) is 0.202. The van der Waals surface area contributed by atoms with Gasteiger partial charge < -0.3 is 11.2 Å². The lowest BCUT2D eigenvalue weighted by atomic mass is 9.99. The number of thioether (sulfide) groups is 1. The zero-order chi connectivity index (χ0) is 22.2. The number of nitrogens with one attached hydrogen (secondary N) is 2. The molecule has 10 heteroatoms. The van der Waals surface area contributed by atoms with Crippen LogP contribution in [0.2, 0.25) is 0 Å². The van der Waals surface area contributed by atoms with E-state index < -0.39 is 0 Å². The third-order valence-electron chi connectivity index (χ3n) is 4.73. The molecule has 31 heavy (non-hydrogen) atoms. The van der Waals surface area contributed by atoms with E-state index in [0.717, 1.165) is 17.8 Å². The first kappa shape index (κ1) is 22.3. The molecule has 1 atom stereocenters. The van der Waals surface area contributed by atoms with E-state index in [1.54, 1.807) is 6.20 Å². The molecule has 4 N–H and O–H groups in total. The molecule has 0 spiro atoms. The molecule has 0 radical (unpaired) electrons. The summed E-state index contributed by atoms with van der Waals surface area (Å²) >= 11 is 1.19. The van der Waals surface area contributed by atoms with Crippen molar-refractivity contribution in [1.29, 1.82) is 0 Å². The van der Waals surface area contributed by atoms with Crippen LogP contribution >= 0.6 is 11.8 Å². The van der Waals surface area contributed by atoms with Gasteiger partial charge in [-0.15, -0.1) is 10.2 Å². The predicted octanol–water partition coefficient (Wildman–Crippen LogP) is 3.47. The molecule has 9 nitrogen and oxygen atoms in total. The molecule has 1 unspecified atom stereocenters. The average molecular weight is 439 g/mol. The van der Waals surface area contributed by atoms with Crippen molar-refractivity contribution in [1.82, 2.24) is 19.9 Å². The van der Waals surface area contributed by atoms with Crippen LogP contribution in [0.5, 0.6) is 0 Å². The Morgan fingerprint density at radius 3 is 2.68 bits per heavy atom. The van der Waals surface area contributed by atoms with Gasteiger partial charge in [0.15, 0.2) is 0 Å². The second-order valence-electron chi connectivity index (χ2n) is 6.97. The Bertz CT molecular complexity index is 1030. The van der Waals surface area contributed by atoms with Gasteiger partial charge in [-0.05, 0) is 49.1 Å². The minimum absolute atomic E-state index is 0.150. The maximum absolute atomic E-state index is 12.3. The number of nitrogens with two attached hydrogens (primary N) is 1. The number of hydrazone groups is 1. The van der Waals surface area contributed by atoms with Crippen LogP contribution in [0.15, 0.2) is 58.9 Å². The van der Waals surface area contributed by atoms with Crippen molar-refractivity contribution in [3.05, 3.63) is 59.9 Å². The zero-order valence-electron chi connectivity index (χ0n) is 17.7. The predicted molar refractivity (Wildman–Crippen MR) is 125 cm³/mol. The van der Waals surface area contributed by atoms with Crippen LogP contribution in [-0.2, 0) is 4.79 Å². The van der Waals surface area contributed by atoms with Crippen LogP contribution in [0.25, 0.3) is 0 Å². The van der Waals surface area contributed by atoms with Crippen molar-refractivity contribution in [2.24, 2.45) is 5.10 Å². The van der Waals surface area contributed by atoms with Gasteiger partial charge in [0.2, 0.25) is 11.1 Å². The van der Waals surface area contributed by atoms with Gasteiger partial charge in [-0.1, -0.05) is 43.8 Å². The highest BCUT2D eigenvalue weighted by Crippen LogP contribution is 2.21. The first-order valence-corrected chi connectivity index (χ1v) is 10.9. The third kappa shape index (κ3) is 6.05. The number of aromatic nitrogens is 4. The van der Waals surface area contributed by atoms with Gasteiger partial charge in [-0.25, -0.2) is 10.1 Å². The molecule has 3 rings (SSSR count). The fourth-order valence-electron chi connectivity index (χ4n) is 2.68. The molecule has 0 saturated carbocycles. The van der Waals surface area contributed by atoms with E-state index in [1.165, 1.54) is 22.0 Å². The maximum Gasteiger partial charge on any atom is 0.264 e. The van der Waals surface area contributed by atoms with Crippen molar-refractivity contribution in [3.8, 4) is 0 Å². The number of carbonyl (C=O) groups is 1. The Labute approximate surface area is 185 Å². The standard InChI is InChI=1S/C21H26N8OS/c1-4-14(2)16-8-10-17(11-9-16)24-19(30)13-31-21-28-27-20(29(21)22)26-25-15(3)18-7-5-6-12-23-18/h5-12,14H,4,13,22H2,1-3H3,(H,24,30)(H,26,27)/b25-15+. The Kier molecular flexibility index (Phi) is 7.60. The first-order valence-electron chi connectivity index (χ1n) is 9.92. The number of benzene rings is 1. The highest BCUT2D eigenvalue weighted by atomic mass is 32.2. The molecular weight excluding hydrogens is 412 g/mol. The SMILES string of the molecule is CCC(C)c1ccc(NC(=O)CSc2nnc(N/N=C(\C)c3ccccn3)n2N)cc1. The van der Waals surface area contributed by atoms with Crippen LogP contribution in [0.1, 0.15) is 44.4 Å². The summed E-state index contributed by atoms with van der Waals surface area (Å²) in [7, 11) is 0. The van der Waals surface area contributed by atoms with E-state index in [4.69, 9.17) is 5.84 Å². The lowest BCUT2D eigenvalue weighted by Crippen LogP contribution is -2.17. The van der Waals surface area contributed by atoms with Gasteiger partial charge in [0.25, 0.3) is 5.95 Å². The van der Waals surface area contributed by atoms with Gasteiger partial charge >= 0.3 is 0 Å². The smallest absolute Gasteiger partial charge is 0.264 e. The van der Waals surface area contributed by atoms with Crippen LogP contribution in [0, 0.1) is 0 Å². The molecule has 0 fully saturated rings. The van der Waals surface area contributed by atoms with Crippen molar-refractivity contribution in [2.75, 3.05) is 22.3 Å². The summed E-state index contributed by atoms with van der Waals surface area (Å²) in [5, 5.41) is 15.5. The lowest BCUT2D eigenvalue weighted by molar-refractivity contribution is -0.113. The second kappa shape index (κ2) is 10.6. The second-order valence-corrected chi connectivity index (χ2v) is 7.91. The zero-order valence-corrected chi connectivity index (χ0v) is 18.6. The largest absolute Gasteiger partial charge is 0.334 e. The Balaban J connectivity index is 1.53. The number of hydrogen-bond acceptors (Lipinski definition) is 8. The van der Waals surface area contributed by atoms with Gasteiger partial charge in [0.05, 0.1) is 17.2 Å². The fourth-order valence-corrected chi connectivity index (χ4v) is 3.33. The van der Waals surface area contributed by atoms with Gasteiger partial charge in [0.1, 0.15) is 0 Å². The first-order chi connectivity index (χ1) is 15.0. The molecule has 0 aliphatic carbocycles. The molecule has 3 aromatic rings. The van der Waals surface area contributed by atoms with Crippen molar-refractivity contribution in [2.45, 2.75) is 38.3 Å². The van der Waals surface area contributed by atoms with Crippen molar-refractivity contribution >= 4 is 35.0 Å². The highest BCUT2D eigenvalue weighted by Gasteiger charge is 2.13. The molecule has 0 aliphatic rings. The van der Waals surface area contributed by atoms with Crippen LogP contribution in [-0.4, -0.2) is 37.2 Å². The maximum atomic E-state index is 12.3. The molecule has 2 aromatic heterocycles. The summed E-state index contributed by atoms with van der Waals surface area (Å²) in [6, 6.07) is 13.5. The number of nitrogen functional groups attached to an aromatic ring is 1. The van der Waals surface area contributed by atoms with Gasteiger partial charge in [-0.3, -0.25) is 9.78 Å². The van der Waals surface area contributed by atoms with E-state index in [-0.39, 0.29) is 17.6 Å². The van der Waals surface area contributed by atoms with E-state index in [2.05, 4.69) is 44.9 Å². The van der Waals surface area contributed by atoms with Crippen molar-refractivity contribution < 1.29 is 4.79 Å². The highest BCUT2D eigenvalue weighted by molar-refractivity contribution is 7.99. The topological polar surface area (TPSA) is 123 Å². The number of rotatable bonds is 9. The van der Waals surface area contributed by atoms with E-state index >= 15 is 0 Å². The van der Waals surface area contributed by atoms with Crippen LogP contribution in [0.3, 0.4) is 0 Å². The number of carbonyl (C=O) groups excluding carboxylic acids is 1. The third-order valence-corrected chi connectivity index (χ3v) is 5.68. The Morgan fingerprint density at radius 2 is 2.00 bits per heavy atom. The molecule has 162 valence electrons. The van der Waals surface area contributed by atoms with Crippen LogP contribution in [0.4, 0.5) is 11.6 Å². The van der Waals surface area contributed by atoms with Gasteiger partial charge in [-0.2, -0.15) is 5.10 Å². The van der Waals surface area contributed by atoms with Crippen molar-refractivity contribution in [3.63, 3.8) is 0 Å².